The average molecular weight is 390 g/mol. The molecular formula is C21H15FN4O3. The van der Waals surface area contributed by atoms with Gasteiger partial charge in [0.15, 0.2) is 0 Å². The fraction of sp³-hybridized carbons (Fsp3) is 0. The highest BCUT2D eigenvalue weighted by atomic mass is 19.1. The molecule has 3 aromatic rings. The maximum Gasteiger partial charge on any atom is 0.326 e. The van der Waals surface area contributed by atoms with Gasteiger partial charge in [0.05, 0.1) is 16.8 Å². The minimum Gasteiger partial charge on any atom is -0.362 e. The number of carbonyl (C=O) groups is 3. The largest absolute Gasteiger partial charge is 0.362 e. The summed E-state index contributed by atoms with van der Waals surface area (Å²) >= 11 is 0. The van der Waals surface area contributed by atoms with Gasteiger partial charge in [-0.3, -0.25) is 14.9 Å². The minimum atomic E-state index is -0.855. The van der Waals surface area contributed by atoms with Gasteiger partial charge in [0.2, 0.25) is 0 Å². The van der Waals surface area contributed by atoms with Crippen molar-refractivity contribution in [2.24, 2.45) is 0 Å². The van der Waals surface area contributed by atoms with Gasteiger partial charge in [-0.2, -0.15) is 0 Å². The third-order valence-electron chi connectivity index (χ3n) is 4.33. The number of aromatic nitrogens is 1. The van der Waals surface area contributed by atoms with Crippen LogP contribution in [-0.2, 0) is 4.79 Å². The van der Waals surface area contributed by atoms with Crippen molar-refractivity contribution in [2.75, 3.05) is 10.6 Å². The van der Waals surface area contributed by atoms with Gasteiger partial charge in [-0.1, -0.05) is 18.2 Å². The number of urea groups is 1. The van der Waals surface area contributed by atoms with E-state index in [4.69, 9.17) is 0 Å². The van der Waals surface area contributed by atoms with E-state index in [2.05, 4.69) is 20.9 Å². The summed E-state index contributed by atoms with van der Waals surface area (Å²) in [6, 6.07) is 13.1. The Balaban J connectivity index is 1.48. The van der Waals surface area contributed by atoms with Crippen LogP contribution in [0.5, 0.6) is 0 Å². The molecule has 7 nitrogen and oxygen atoms in total. The van der Waals surface area contributed by atoms with Gasteiger partial charge in [0.1, 0.15) is 5.82 Å². The second kappa shape index (κ2) is 7.43. The highest BCUT2D eigenvalue weighted by Gasteiger charge is 2.24. The Morgan fingerprint density at radius 1 is 1.03 bits per heavy atom. The normalized spacial score (nSPS) is 13.7. The Kier molecular flexibility index (Phi) is 4.66. The first-order chi connectivity index (χ1) is 14.0. The number of imide groups is 1. The van der Waals surface area contributed by atoms with Crippen molar-refractivity contribution in [1.82, 2.24) is 10.3 Å². The standard InChI is InChI=1S/C21H15FN4O3/c22-17-6-2-1-5-15(17)19(27)26-21(29)24-13-7-8-14-16(10-12-4-3-9-23-12)20(28)25-18(14)11-13/h1-11,23H,(H,25,28)(H2,24,26,27,29)/b16-10-. The number of aromatic amines is 1. The van der Waals surface area contributed by atoms with Crippen LogP contribution in [0.1, 0.15) is 21.6 Å². The fourth-order valence-electron chi connectivity index (χ4n) is 2.98. The molecular weight excluding hydrogens is 375 g/mol. The lowest BCUT2D eigenvalue weighted by molar-refractivity contribution is -0.110. The lowest BCUT2D eigenvalue weighted by Crippen LogP contribution is -2.34. The van der Waals surface area contributed by atoms with E-state index in [9.17, 15) is 18.8 Å². The molecule has 4 amide bonds. The third kappa shape index (κ3) is 3.77. The first kappa shape index (κ1) is 18.2. The maximum atomic E-state index is 13.6. The van der Waals surface area contributed by atoms with E-state index in [1.165, 1.54) is 18.2 Å². The van der Waals surface area contributed by atoms with Crippen molar-refractivity contribution in [1.29, 1.82) is 0 Å². The number of fused-ring (bicyclic) bond motifs is 1. The fourth-order valence-corrected chi connectivity index (χ4v) is 2.98. The number of hydrogen-bond acceptors (Lipinski definition) is 3. The summed E-state index contributed by atoms with van der Waals surface area (Å²) < 4.78 is 13.6. The Bertz CT molecular complexity index is 1150. The molecule has 0 fully saturated rings. The topological polar surface area (TPSA) is 103 Å². The van der Waals surface area contributed by atoms with Gasteiger partial charge < -0.3 is 15.6 Å². The van der Waals surface area contributed by atoms with Crippen LogP contribution in [0.3, 0.4) is 0 Å². The molecule has 0 atom stereocenters. The highest BCUT2D eigenvalue weighted by Crippen LogP contribution is 2.34. The number of hydrogen-bond donors (Lipinski definition) is 4. The Morgan fingerprint density at radius 3 is 2.62 bits per heavy atom. The second-order valence-corrected chi connectivity index (χ2v) is 6.29. The van der Waals surface area contributed by atoms with Gasteiger partial charge in [0, 0.05) is 23.1 Å². The lowest BCUT2D eigenvalue weighted by Gasteiger charge is -2.08. The van der Waals surface area contributed by atoms with Gasteiger partial charge in [-0.15, -0.1) is 0 Å². The van der Waals surface area contributed by atoms with Crippen LogP contribution < -0.4 is 16.0 Å². The molecule has 4 N–H and O–H groups in total. The van der Waals surface area contributed by atoms with Crippen molar-refractivity contribution in [3.05, 3.63) is 83.4 Å². The highest BCUT2D eigenvalue weighted by molar-refractivity contribution is 6.35. The maximum absolute atomic E-state index is 13.6. The number of carbonyl (C=O) groups excluding carboxylic acids is 3. The molecule has 0 aliphatic carbocycles. The Hall–Kier alpha value is -4.20. The summed E-state index contributed by atoms with van der Waals surface area (Å²) in [5.74, 6) is -1.84. The van der Waals surface area contributed by atoms with Gasteiger partial charge in [-0.25, -0.2) is 9.18 Å². The molecule has 4 rings (SSSR count). The van der Waals surface area contributed by atoms with E-state index in [-0.39, 0.29) is 11.5 Å². The molecule has 0 saturated carbocycles. The number of nitrogens with one attached hydrogen (secondary N) is 4. The minimum absolute atomic E-state index is 0.233. The average Bonchev–Trinajstić information content (AvgIpc) is 3.30. The van der Waals surface area contributed by atoms with Crippen molar-refractivity contribution in [2.45, 2.75) is 0 Å². The predicted octanol–water partition coefficient (Wildman–Crippen LogP) is 3.61. The SMILES string of the molecule is O=C(NC(=O)c1ccccc1F)Nc1ccc2c(c1)NC(=O)/C2=C\c1ccc[nH]1. The van der Waals surface area contributed by atoms with Crippen LogP contribution in [0.2, 0.25) is 0 Å². The number of amides is 4. The molecule has 2 aromatic carbocycles. The van der Waals surface area contributed by atoms with Crippen molar-refractivity contribution >= 4 is 40.9 Å². The molecule has 1 aliphatic heterocycles. The zero-order valence-corrected chi connectivity index (χ0v) is 15.0. The second-order valence-electron chi connectivity index (χ2n) is 6.29. The Labute approximate surface area is 164 Å². The van der Waals surface area contributed by atoms with E-state index in [0.29, 0.717) is 22.5 Å². The van der Waals surface area contributed by atoms with Gasteiger partial charge >= 0.3 is 6.03 Å². The monoisotopic (exact) mass is 390 g/mol. The van der Waals surface area contributed by atoms with Crippen molar-refractivity contribution < 1.29 is 18.8 Å². The van der Waals surface area contributed by atoms with E-state index in [0.717, 1.165) is 11.8 Å². The van der Waals surface area contributed by atoms with Crippen molar-refractivity contribution in [3.63, 3.8) is 0 Å². The number of rotatable bonds is 3. The lowest BCUT2D eigenvalue weighted by atomic mass is 10.1. The third-order valence-corrected chi connectivity index (χ3v) is 4.33. The van der Waals surface area contributed by atoms with E-state index < -0.39 is 17.8 Å². The predicted molar refractivity (Wildman–Crippen MR) is 107 cm³/mol. The van der Waals surface area contributed by atoms with Gasteiger partial charge in [0.25, 0.3) is 11.8 Å². The molecule has 0 bridgehead atoms. The summed E-state index contributed by atoms with van der Waals surface area (Å²) in [6.45, 7) is 0. The van der Waals surface area contributed by atoms with E-state index >= 15 is 0 Å². The van der Waals surface area contributed by atoms with Crippen molar-refractivity contribution in [3.8, 4) is 0 Å². The molecule has 0 radical (unpaired) electrons. The van der Waals surface area contributed by atoms with E-state index in [1.54, 1.807) is 30.5 Å². The molecule has 8 heteroatoms. The summed E-state index contributed by atoms with van der Waals surface area (Å²) in [7, 11) is 0. The summed E-state index contributed by atoms with van der Waals surface area (Å²) in [4.78, 5) is 39.4. The number of halogens is 1. The van der Waals surface area contributed by atoms with Crippen LogP contribution in [0.15, 0.2) is 60.8 Å². The number of benzene rings is 2. The first-order valence-electron chi connectivity index (χ1n) is 8.69. The van der Waals surface area contributed by atoms with Gasteiger partial charge in [-0.05, 0) is 42.5 Å². The molecule has 29 heavy (non-hydrogen) atoms. The molecule has 0 unspecified atom stereocenters. The molecule has 1 aliphatic rings. The van der Waals surface area contributed by atoms with Crippen LogP contribution in [0.4, 0.5) is 20.6 Å². The Morgan fingerprint density at radius 2 is 1.86 bits per heavy atom. The van der Waals surface area contributed by atoms with Crippen LogP contribution in [-0.4, -0.2) is 22.8 Å². The number of H-pyrrole nitrogens is 1. The zero-order chi connectivity index (χ0) is 20.4. The summed E-state index contributed by atoms with van der Waals surface area (Å²) in [5, 5.41) is 7.30. The molecule has 1 aromatic heterocycles. The smallest absolute Gasteiger partial charge is 0.326 e. The van der Waals surface area contributed by atoms with Crippen LogP contribution in [0, 0.1) is 5.82 Å². The van der Waals surface area contributed by atoms with Crippen LogP contribution >= 0.6 is 0 Å². The first-order valence-corrected chi connectivity index (χ1v) is 8.69. The van der Waals surface area contributed by atoms with Crippen LogP contribution in [0.25, 0.3) is 11.6 Å². The molecule has 144 valence electrons. The molecule has 2 heterocycles. The zero-order valence-electron chi connectivity index (χ0n) is 15.0. The number of anilines is 2. The molecule has 0 spiro atoms. The van der Waals surface area contributed by atoms with E-state index in [1.807, 2.05) is 12.1 Å². The summed E-state index contributed by atoms with van der Waals surface area (Å²) in [6.07, 6.45) is 3.49. The molecule has 0 saturated heterocycles. The quantitative estimate of drug-likeness (QED) is 0.514. The summed E-state index contributed by atoms with van der Waals surface area (Å²) in [5.41, 5.74) is 2.64.